The molecule has 2 saturated heterocycles. The minimum atomic E-state index is -0.503. The zero-order valence-electron chi connectivity index (χ0n) is 14.7. The van der Waals surface area contributed by atoms with Crippen LogP contribution in [0.1, 0.15) is 29.6 Å². The summed E-state index contributed by atoms with van der Waals surface area (Å²) >= 11 is 0. The summed E-state index contributed by atoms with van der Waals surface area (Å²) in [6, 6.07) is 5.45. The van der Waals surface area contributed by atoms with Gasteiger partial charge < -0.3 is 25.4 Å². The topological polar surface area (TPSA) is 107 Å². The van der Waals surface area contributed by atoms with Gasteiger partial charge in [-0.05, 0) is 42.8 Å². The van der Waals surface area contributed by atoms with E-state index in [1.54, 1.807) is 12.3 Å². The zero-order chi connectivity index (χ0) is 18.5. The van der Waals surface area contributed by atoms with E-state index in [2.05, 4.69) is 15.2 Å². The number of anilines is 1. The number of primary amides is 1. The first-order valence-corrected chi connectivity index (χ1v) is 9.20. The van der Waals surface area contributed by atoms with Crippen LogP contribution in [0.25, 0.3) is 10.8 Å². The van der Waals surface area contributed by atoms with E-state index < -0.39 is 5.91 Å². The Kier molecular flexibility index (Phi) is 3.60. The predicted octanol–water partition coefficient (Wildman–Crippen LogP) is 1.56. The summed E-state index contributed by atoms with van der Waals surface area (Å²) in [6.07, 6.45) is 4.42. The van der Waals surface area contributed by atoms with E-state index in [9.17, 15) is 9.59 Å². The molecule has 0 bridgehead atoms. The molecule has 0 radical (unpaired) electrons. The van der Waals surface area contributed by atoms with Crippen molar-refractivity contribution >= 4 is 28.6 Å². The predicted molar refractivity (Wildman–Crippen MR) is 97.9 cm³/mol. The summed E-state index contributed by atoms with van der Waals surface area (Å²) in [5.74, 6) is 0.795. The average molecular weight is 368 g/mol. The Morgan fingerprint density at radius 3 is 2.89 bits per heavy atom. The number of pyridine rings is 1. The number of nitrogens with one attached hydrogen (secondary N) is 1. The van der Waals surface area contributed by atoms with Crippen LogP contribution in [0.5, 0.6) is 5.75 Å². The van der Waals surface area contributed by atoms with Gasteiger partial charge in [0.1, 0.15) is 17.7 Å². The maximum atomic E-state index is 11.9. The van der Waals surface area contributed by atoms with Crippen LogP contribution in [0, 0.1) is 0 Å². The largest absolute Gasteiger partial charge is 0.490 e. The number of nitrogens with zero attached hydrogens (tertiary/aromatic N) is 2. The quantitative estimate of drug-likeness (QED) is 0.848. The van der Waals surface area contributed by atoms with Crippen LogP contribution in [0.3, 0.4) is 0 Å². The minimum absolute atomic E-state index is 0.0369. The molecule has 3 N–H and O–H groups in total. The number of hydrogen-bond acceptors (Lipinski definition) is 6. The summed E-state index contributed by atoms with van der Waals surface area (Å²) in [5, 5.41) is 4.59. The zero-order valence-corrected chi connectivity index (χ0v) is 14.7. The number of carbonyl (C=O) groups excluding carboxylic acids is 2. The molecule has 3 aliphatic rings. The van der Waals surface area contributed by atoms with E-state index in [1.807, 2.05) is 12.1 Å². The van der Waals surface area contributed by atoms with Crippen LogP contribution in [0.4, 0.5) is 10.6 Å². The monoisotopic (exact) mass is 368 g/mol. The number of carbonyl (C=O) groups is 2. The van der Waals surface area contributed by atoms with Crippen molar-refractivity contribution in [2.24, 2.45) is 5.73 Å². The molecular weight excluding hydrogens is 348 g/mol. The average Bonchev–Trinajstić information content (AvgIpc) is 3.14. The summed E-state index contributed by atoms with van der Waals surface area (Å²) < 4.78 is 11.3. The molecular formula is C19H20N4O4. The smallest absolute Gasteiger partial charge is 0.407 e. The van der Waals surface area contributed by atoms with Gasteiger partial charge in [-0.15, -0.1) is 0 Å². The van der Waals surface area contributed by atoms with E-state index in [0.29, 0.717) is 24.4 Å². The highest BCUT2D eigenvalue weighted by Gasteiger charge is 2.42. The lowest BCUT2D eigenvalue weighted by atomic mass is 9.96. The van der Waals surface area contributed by atoms with Crippen LogP contribution in [-0.4, -0.2) is 48.3 Å². The number of nitrogens with two attached hydrogens (primary N) is 1. The molecule has 0 spiro atoms. The van der Waals surface area contributed by atoms with Crippen LogP contribution in [-0.2, 0) is 4.74 Å². The molecule has 2 aliphatic heterocycles. The Balaban J connectivity index is 1.54. The fourth-order valence-corrected chi connectivity index (χ4v) is 3.92. The van der Waals surface area contributed by atoms with Gasteiger partial charge in [0.2, 0.25) is 0 Å². The van der Waals surface area contributed by atoms with Gasteiger partial charge in [0, 0.05) is 18.1 Å². The molecule has 27 heavy (non-hydrogen) atoms. The highest BCUT2D eigenvalue weighted by molar-refractivity contribution is 6.03. The van der Waals surface area contributed by atoms with Gasteiger partial charge in [0.15, 0.2) is 0 Å². The molecule has 3 fully saturated rings. The van der Waals surface area contributed by atoms with Crippen LogP contribution in [0.15, 0.2) is 24.4 Å². The molecule has 1 saturated carbocycles. The fraction of sp³-hybridized carbons (Fsp3) is 0.421. The third kappa shape index (κ3) is 2.72. The lowest BCUT2D eigenvalue weighted by Gasteiger charge is -2.27. The van der Waals surface area contributed by atoms with Crippen molar-refractivity contribution in [3.05, 3.63) is 30.0 Å². The van der Waals surface area contributed by atoms with Crippen LogP contribution >= 0.6 is 0 Å². The molecule has 5 rings (SSSR count). The van der Waals surface area contributed by atoms with Gasteiger partial charge in [-0.3, -0.25) is 4.79 Å². The Hall–Kier alpha value is -3.03. The number of rotatable bonds is 4. The van der Waals surface area contributed by atoms with Crippen LogP contribution in [0.2, 0.25) is 0 Å². The van der Waals surface area contributed by atoms with Gasteiger partial charge in [-0.2, -0.15) is 0 Å². The van der Waals surface area contributed by atoms with Crippen molar-refractivity contribution in [3.8, 4) is 5.75 Å². The summed E-state index contributed by atoms with van der Waals surface area (Å²) in [4.78, 5) is 29.9. The van der Waals surface area contributed by atoms with Crippen LogP contribution < -0.4 is 20.7 Å². The number of ether oxygens (including phenoxy) is 2. The Morgan fingerprint density at radius 1 is 1.33 bits per heavy atom. The standard InChI is InChI=1S/C19H20N4O4/c20-17(24)13-6-10-4-5-21-18(12(10)7-15(13)26-11-2-1-3-11)23-8-14-16(9-23)27-19(25)22-14/h4-7,11,14,16H,1-3,8-9H2,(H2,20,24)(H,22,25). The molecule has 2 atom stereocenters. The third-order valence-corrected chi connectivity index (χ3v) is 5.58. The number of hydrogen-bond donors (Lipinski definition) is 2. The summed E-state index contributed by atoms with van der Waals surface area (Å²) in [5.41, 5.74) is 5.96. The highest BCUT2D eigenvalue weighted by atomic mass is 16.6. The van der Waals surface area contributed by atoms with Gasteiger partial charge >= 0.3 is 6.09 Å². The second-order valence-electron chi connectivity index (χ2n) is 7.34. The second kappa shape index (κ2) is 6.00. The number of benzene rings is 1. The van der Waals surface area contributed by atoms with Crippen molar-refractivity contribution in [1.29, 1.82) is 0 Å². The Bertz CT molecular complexity index is 927. The first-order valence-electron chi connectivity index (χ1n) is 9.20. The Labute approximate surface area is 155 Å². The molecule has 8 heteroatoms. The van der Waals surface area contributed by atoms with E-state index >= 15 is 0 Å². The number of amides is 2. The van der Waals surface area contributed by atoms with E-state index in [4.69, 9.17) is 15.2 Å². The maximum Gasteiger partial charge on any atom is 0.407 e. The van der Waals surface area contributed by atoms with Crippen molar-refractivity contribution in [2.45, 2.75) is 37.5 Å². The lowest BCUT2D eigenvalue weighted by Crippen LogP contribution is -2.32. The number of fused-ring (bicyclic) bond motifs is 2. The fourth-order valence-electron chi connectivity index (χ4n) is 3.92. The second-order valence-corrected chi connectivity index (χ2v) is 7.34. The molecule has 8 nitrogen and oxygen atoms in total. The first-order chi connectivity index (χ1) is 13.1. The first kappa shape index (κ1) is 16.2. The van der Waals surface area contributed by atoms with Crippen molar-refractivity contribution in [2.75, 3.05) is 18.0 Å². The molecule has 1 aliphatic carbocycles. The van der Waals surface area contributed by atoms with Gasteiger partial charge in [-0.1, -0.05) is 0 Å². The minimum Gasteiger partial charge on any atom is -0.490 e. The van der Waals surface area contributed by atoms with Crippen molar-refractivity contribution < 1.29 is 19.1 Å². The summed E-state index contributed by atoms with van der Waals surface area (Å²) in [7, 11) is 0. The highest BCUT2D eigenvalue weighted by Crippen LogP contribution is 2.35. The molecule has 3 heterocycles. The maximum absolute atomic E-state index is 11.9. The third-order valence-electron chi connectivity index (χ3n) is 5.58. The van der Waals surface area contributed by atoms with Gasteiger partial charge in [0.25, 0.3) is 5.91 Å². The van der Waals surface area contributed by atoms with E-state index in [0.717, 1.165) is 35.9 Å². The number of aromatic nitrogens is 1. The number of alkyl carbamates (subject to hydrolysis) is 1. The Morgan fingerprint density at radius 2 is 2.19 bits per heavy atom. The normalized spacial score (nSPS) is 24.3. The molecule has 1 aromatic heterocycles. The molecule has 2 unspecified atom stereocenters. The van der Waals surface area contributed by atoms with Gasteiger partial charge in [0.05, 0.1) is 24.3 Å². The van der Waals surface area contributed by atoms with Crippen molar-refractivity contribution in [3.63, 3.8) is 0 Å². The van der Waals surface area contributed by atoms with Gasteiger partial charge in [-0.25, -0.2) is 9.78 Å². The SMILES string of the molecule is NC(=O)c1cc2ccnc(N3CC4NC(=O)OC4C3)c2cc1OC1CCC1. The molecule has 1 aromatic carbocycles. The molecule has 2 aromatic rings. The molecule has 2 amide bonds. The lowest BCUT2D eigenvalue weighted by molar-refractivity contribution is 0.0972. The van der Waals surface area contributed by atoms with Crippen molar-refractivity contribution in [1.82, 2.24) is 10.3 Å². The van der Waals surface area contributed by atoms with E-state index in [-0.39, 0.29) is 24.3 Å². The summed E-state index contributed by atoms with van der Waals surface area (Å²) in [6.45, 7) is 1.20. The molecule has 140 valence electrons. The van der Waals surface area contributed by atoms with E-state index in [1.165, 1.54) is 0 Å².